The fourth-order valence-electron chi connectivity index (χ4n) is 3.13. The number of pyridine rings is 1. The number of hydrogen-bond acceptors (Lipinski definition) is 5. The molecule has 0 N–H and O–H groups in total. The van der Waals surface area contributed by atoms with Gasteiger partial charge in [0, 0.05) is 43.0 Å². The summed E-state index contributed by atoms with van der Waals surface area (Å²) in [6.07, 6.45) is 3.53. The fourth-order valence-corrected chi connectivity index (χ4v) is 3.13. The van der Waals surface area contributed by atoms with E-state index in [1.54, 1.807) is 19.5 Å². The number of fused-ring (bicyclic) bond motifs is 1. The number of benzene rings is 2. The molecule has 4 aromatic rings. The summed E-state index contributed by atoms with van der Waals surface area (Å²) < 4.78 is 5.52. The maximum absolute atomic E-state index is 5.52. The molecule has 0 bridgehead atoms. The van der Waals surface area contributed by atoms with E-state index in [4.69, 9.17) is 14.7 Å². The molecule has 0 saturated heterocycles. The van der Waals surface area contributed by atoms with Gasteiger partial charge in [-0.3, -0.25) is 4.98 Å². The molecule has 2 heterocycles. The van der Waals surface area contributed by atoms with Crippen LogP contribution in [0.5, 0.6) is 5.75 Å². The summed E-state index contributed by atoms with van der Waals surface area (Å²) in [5.74, 6) is 2.39. The number of nitrogens with zero attached hydrogens (tertiary/aromatic N) is 4. The first-order valence-electron chi connectivity index (χ1n) is 8.70. The summed E-state index contributed by atoms with van der Waals surface area (Å²) in [4.78, 5) is 15.7. The van der Waals surface area contributed by atoms with Gasteiger partial charge in [-0.1, -0.05) is 24.3 Å². The van der Waals surface area contributed by atoms with Crippen LogP contribution in [-0.2, 0) is 0 Å². The van der Waals surface area contributed by atoms with Crippen LogP contribution >= 0.6 is 0 Å². The van der Waals surface area contributed by atoms with Gasteiger partial charge in [0.2, 0.25) is 0 Å². The van der Waals surface area contributed by atoms with Gasteiger partial charge in [-0.2, -0.15) is 0 Å². The van der Waals surface area contributed by atoms with Crippen LogP contribution in [0.15, 0.2) is 67.0 Å². The summed E-state index contributed by atoms with van der Waals surface area (Å²) in [5, 5.41) is 0.996. The minimum Gasteiger partial charge on any atom is -0.496 e. The smallest absolute Gasteiger partial charge is 0.163 e. The Morgan fingerprint density at radius 1 is 0.889 bits per heavy atom. The van der Waals surface area contributed by atoms with Crippen LogP contribution in [0.2, 0.25) is 0 Å². The lowest BCUT2D eigenvalue weighted by Gasteiger charge is -2.16. The van der Waals surface area contributed by atoms with E-state index in [0.29, 0.717) is 5.82 Å². The maximum Gasteiger partial charge on any atom is 0.163 e. The molecule has 5 heteroatoms. The van der Waals surface area contributed by atoms with Gasteiger partial charge in [-0.05, 0) is 35.9 Å². The first-order valence-corrected chi connectivity index (χ1v) is 8.70. The normalized spacial score (nSPS) is 10.8. The van der Waals surface area contributed by atoms with Gasteiger partial charge in [-0.25, -0.2) is 9.97 Å². The Balaban J connectivity index is 1.92. The van der Waals surface area contributed by atoms with Gasteiger partial charge in [0.15, 0.2) is 5.82 Å². The van der Waals surface area contributed by atoms with Gasteiger partial charge in [-0.15, -0.1) is 0 Å². The Kier molecular flexibility index (Phi) is 4.42. The molecule has 0 amide bonds. The van der Waals surface area contributed by atoms with Crippen LogP contribution in [0, 0.1) is 0 Å². The molecule has 0 saturated carbocycles. The van der Waals surface area contributed by atoms with E-state index in [2.05, 4.69) is 23.2 Å². The molecule has 2 aromatic carbocycles. The predicted octanol–water partition coefficient (Wildman–Crippen LogP) is 4.43. The fraction of sp³-hybridized carbons (Fsp3) is 0.136. The molecule has 0 aliphatic carbocycles. The second-order valence-corrected chi connectivity index (χ2v) is 6.44. The van der Waals surface area contributed by atoms with Crippen LogP contribution in [0.4, 0.5) is 5.82 Å². The van der Waals surface area contributed by atoms with E-state index in [1.807, 2.05) is 55.4 Å². The van der Waals surface area contributed by atoms with Gasteiger partial charge < -0.3 is 9.64 Å². The van der Waals surface area contributed by atoms with Crippen LogP contribution in [0.1, 0.15) is 0 Å². The van der Waals surface area contributed by atoms with E-state index in [1.165, 1.54) is 0 Å². The number of aromatic nitrogens is 3. The van der Waals surface area contributed by atoms with Gasteiger partial charge in [0.25, 0.3) is 0 Å². The van der Waals surface area contributed by atoms with E-state index in [-0.39, 0.29) is 0 Å². The zero-order valence-electron chi connectivity index (χ0n) is 15.5. The number of hydrogen-bond donors (Lipinski definition) is 0. The third-order valence-electron chi connectivity index (χ3n) is 4.44. The number of para-hydroxylation sites is 1. The van der Waals surface area contributed by atoms with Gasteiger partial charge in [0.1, 0.15) is 11.6 Å². The highest BCUT2D eigenvalue weighted by Gasteiger charge is 2.13. The van der Waals surface area contributed by atoms with Crippen molar-refractivity contribution in [1.82, 2.24) is 15.0 Å². The first kappa shape index (κ1) is 17.0. The zero-order valence-corrected chi connectivity index (χ0v) is 15.5. The number of rotatable bonds is 4. The molecule has 0 fully saturated rings. The number of methoxy groups -OCH3 is 1. The average Bonchev–Trinajstić information content (AvgIpc) is 2.73. The standard InChI is InChI=1S/C22H20N4O/c1-26(2)22-18-13-15(17-8-4-5-9-20(17)27-3)10-11-19(18)24-21(25-22)16-7-6-12-23-14-16/h4-14H,1-3H3. The summed E-state index contributed by atoms with van der Waals surface area (Å²) in [6.45, 7) is 0. The lowest BCUT2D eigenvalue weighted by Crippen LogP contribution is -2.12. The molecule has 2 aromatic heterocycles. The summed E-state index contributed by atoms with van der Waals surface area (Å²) in [5.41, 5.74) is 3.91. The second-order valence-electron chi connectivity index (χ2n) is 6.44. The molecule has 134 valence electrons. The van der Waals surface area contributed by atoms with Crippen molar-refractivity contribution in [2.75, 3.05) is 26.1 Å². The van der Waals surface area contributed by atoms with Crippen molar-refractivity contribution >= 4 is 16.7 Å². The minimum absolute atomic E-state index is 0.671. The second kappa shape index (κ2) is 7.03. The van der Waals surface area contributed by atoms with Crippen molar-refractivity contribution in [3.63, 3.8) is 0 Å². The van der Waals surface area contributed by atoms with E-state index in [0.717, 1.165) is 39.2 Å². The third-order valence-corrected chi connectivity index (χ3v) is 4.44. The molecule has 4 rings (SSSR count). The van der Waals surface area contributed by atoms with E-state index < -0.39 is 0 Å². The Labute approximate surface area is 158 Å². The molecular weight excluding hydrogens is 336 g/mol. The quantitative estimate of drug-likeness (QED) is 0.541. The molecule has 5 nitrogen and oxygen atoms in total. The van der Waals surface area contributed by atoms with Crippen molar-refractivity contribution in [3.8, 4) is 28.3 Å². The lowest BCUT2D eigenvalue weighted by atomic mass is 10.0. The Morgan fingerprint density at radius 2 is 1.74 bits per heavy atom. The van der Waals surface area contributed by atoms with Crippen molar-refractivity contribution in [2.45, 2.75) is 0 Å². The minimum atomic E-state index is 0.671. The van der Waals surface area contributed by atoms with Crippen LogP contribution < -0.4 is 9.64 Å². The topological polar surface area (TPSA) is 51.1 Å². The zero-order chi connectivity index (χ0) is 18.8. The van der Waals surface area contributed by atoms with Crippen molar-refractivity contribution < 1.29 is 4.74 Å². The summed E-state index contributed by atoms with van der Waals surface area (Å²) in [7, 11) is 5.67. The number of anilines is 1. The third kappa shape index (κ3) is 3.19. The largest absolute Gasteiger partial charge is 0.496 e. The SMILES string of the molecule is COc1ccccc1-c1ccc2nc(-c3cccnc3)nc(N(C)C)c2c1. The Hall–Kier alpha value is -3.47. The highest BCUT2D eigenvalue weighted by Crippen LogP contribution is 2.34. The molecular formula is C22H20N4O. The van der Waals surface area contributed by atoms with Crippen LogP contribution in [0.3, 0.4) is 0 Å². The summed E-state index contributed by atoms with van der Waals surface area (Å²) >= 11 is 0. The van der Waals surface area contributed by atoms with E-state index >= 15 is 0 Å². The number of ether oxygens (including phenoxy) is 1. The molecule has 0 aliphatic rings. The highest BCUT2D eigenvalue weighted by atomic mass is 16.5. The Bertz CT molecular complexity index is 1090. The van der Waals surface area contributed by atoms with Crippen molar-refractivity contribution in [2.24, 2.45) is 0 Å². The summed E-state index contributed by atoms with van der Waals surface area (Å²) in [6, 6.07) is 18.1. The van der Waals surface area contributed by atoms with E-state index in [9.17, 15) is 0 Å². The molecule has 27 heavy (non-hydrogen) atoms. The Morgan fingerprint density at radius 3 is 2.48 bits per heavy atom. The van der Waals surface area contributed by atoms with Crippen LogP contribution in [-0.4, -0.2) is 36.2 Å². The van der Waals surface area contributed by atoms with Crippen molar-refractivity contribution in [1.29, 1.82) is 0 Å². The van der Waals surface area contributed by atoms with Gasteiger partial charge in [0.05, 0.1) is 12.6 Å². The van der Waals surface area contributed by atoms with Gasteiger partial charge >= 0.3 is 0 Å². The first-order chi connectivity index (χ1) is 13.2. The maximum atomic E-state index is 5.52. The monoisotopic (exact) mass is 356 g/mol. The van der Waals surface area contributed by atoms with Crippen molar-refractivity contribution in [3.05, 3.63) is 67.0 Å². The lowest BCUT2D eigenvalue weighted by molar-refractivity contribution is 0.416. The predicted molar refractivity (Wildman–Crippen MR) is 109 cm³/mol. The molecule has 0 aliphatic heterocycles. The van der Waals surface area contributed by atoms with Crippen LogP contribution in [0.25, 0.3) is 33.4 Å². The average molecular weight is 356 g/mol. The highest BCUT2D eigenvalue weighted by molar-refractivity contribution is 5.94. The molecule has 0 radical (unpaired) electrons. The molecule has 0 unspecified atom stereocenters. The molecule has 0 atom stereocenters. The molecule has 0 spiro atoms.